The molecule has 0 saturated carbocycles. The first-order chi connectivity index (χ1) is 14.4. The van der Waals surface area contributed by atoms with E-state index in [-0.39, 0.29) is 23.0 Å². The van der Waals surface area contributed by atoms with E-state index in [1.54, 1.807) is 56.7 Å². The molecule has 0 atom stereocenters. The zero-order chi connectivity index (χ0) is 21.4. The highest BCUT2D eigenvalue weighted by molar-refractivity contribution is 7.21. The van der Waals surface area contributed by atoms with Gasteiger partial charge in [-0.1, -0.05) is 12.1 Å². The van der Waals surface area contributed by atoms with Crippen molar-refractivity contribution in [2.45, 2.75) is 0 Å². The first kappa shape index (κ1) is 19.8. The lowest BCUT2D eigenvalue weighted by atomic mass is 10.0. The normalized spacial score (nSPS) is 10.9. The Morgan fingerprint density at radius 2 is 1.90 bits per heavy atom. The number of carbonyl (C=O) groups excluding carboxylic acids is 2. The predicted octanol–water partition coefficient (Wildman–Crippen LogP) is 4.44. The number of pyridine rings is 1. The highest BCUT2D eigenvalue weighted by Crippen LogP contribution is 2.37. The lowest BCUT2D eigenvalue weighted by molar-refractivity contribution is 0.0832. The third-order valence-corrected chi connectivity index (χ3v) is 5.77. The van der Waals surface area contributed by atoms with E-state index in [1.165, 1.54) is 29.4 Å². The van der Waals surface area contributed by atoms with E-state index in [9.17, 15) is 9.59 Å². The van der Waals surface area contributed by atoms with Gasteiger partial charge in [0.15, 0.2) is 11.6 Å². The number of fused-ring (bicyclic) bond motifs is 2. The SMILES string of the molecule is CNC(=O)c1cccc2c(F)c(Oc3ccnc4cc(C(=O)N(C)C)sc34)ccc12. The lowest BCUT2D eigenvalue weighted by Gasteiger charge is -2.11. The zero-order valence-corrected chi connectivity index (χ0v) is 17.3. The van der Waals surface area contributed by atoms with Crippen molar-refractivity contribution < 1.29 is 18.7 Å². The fourth-order valence-corrected chi connectivity index (χ4v) is 4.24. The van der Waals surface area contributed by atoms with Crippen molar-refractivity contribution in [2.24, 2.45) is 0 Å². The van der Waals surface area contributed by atoms with Crippen molar-refractivity contribution in [3.63, 3.8) is 0 Å². The Hall–Kier alpha value is -3.52. The lowest BCUT2D eigenvalue weighted by Crippen LogP contribution is -2.20. The van der Waals surface area contributed by atoms with E-state index in [1.807, 2.05) is 0 Å². The summed E-state index contributed by atoms with van der Waals surface area (Å²) in [5.41, 5.74) is 0.989. The van der Waals surface area contributed by atoms with E-state index in [4.69, 9.17) is 4.74 Å². The van der Waals surface area contributed by atoms with E-state index >= 15 is 4.39 Å². The van der Waals surface area contributed by atoms with Gasteiger partial charge in [0.05, 0.1) is 15.1 Å². The van der Waals surface area contributed by atoms with Crippen molar-refractivity contribution in [1.29, 1.82) is 0 Å². The van der Waals surface area contributed by atoms with Crippen LogP contribution in [0, 0.1) is 5.82 Å². The topological polar surface area (TPSA) is 71.5 Å². The molecule has 30 heavy (non-hydrogen) atoms. The van der Waals surface area contributed by atoms with Crippen molar-refractivity contribution in [2.75, 3.05) is 21.1 Å². The van der Waals surface area contributed by atoms with Crippen LogP contribution in [0.25, 0.3) is 21.0 Å². The van der Waals surface area contributed by atoms with Gasteiger partial charge in [-0.05, 0) is 29.7 Å². The van der Waals surface area contributed by atoms with Gasteiger partial charge in [0.25, 0.3) is 11.8 Å². The Labute approximate surface area is 175 Å². The van der Waals surface area contributed by atoms with Gasteiger partial charge in [-0.3, -0.25) is 14.6 Å². The molecule has 0 bridgehead atoms. The van der Waals surface area contributed by atoms with E-state index < -0.39 is 5.82 Å². The summed E-state index contributed by atoms with van der Waals surface area (Å²) in [7, 11) is 4.88. The molecule has 2 aromatic heterocycles. The van der Waals surface area contributed by atoms with Gasteiger partial charge in [-0.25, -0.2) is 4.39 Å². The average molecular weight is 423 g/mol. The molecule has 0 fully saturated rings. The minimum atomic E-state index is -0.565. The molecule has 4 aromatic rings. The van der Waals surface area contributed by atoms with Gasteiger partial charge in [-0.15, -0.1) is 11.3 Å². The minimum Gasteiger partial charge on any atom is -0.453 e. The summed E-state index contributed by atoms with van der Waals surface area (Å²) in [6.45, 7) is 0. The molecular weight excluding hydrogens is 405 g/mol. The molecule has 1 N–H and O–H groups in total. The number of hydrogen-bond acceptors (Lipinski definition) is 5. The number of rotatable bonds is 4. The first-order valence-corrected chi connectivity index (χ1v) is 9.93. The number of benzene rings is 2. The Bertz CT molecular complexity index is 1300. The van der Waals surface area contributed by atoms with Crippen molar-refractivity contribution in [3.8, 4) is 11.5 Å². The molecule has 0 aliphatic carbocycles. The number of thiophene rings is 1. The van der Waals surface area contributed by atoms with Crippen molar-refractivity contribution >= 4 is 44.1 Å². The van der Waals surface area contributed by atoms with Gasteiger partial charge < -0.3 is 15.0 Å². The van der Waals surface area contributed by atoms with Crippen LogP contribution in [0.5, 0.6) is 11.5 Å². The molecule has 4 rings (SSSR count). The maximum Gasteiger partial charge on any atom is 0.263 e. The quantitative estimate of drug-likeness (QED) is 0.527. The number of aromatic nitrogens is 1. The highest BCUT2D eigenvalue weighted by atomic mass is 32.1. The van der Waals surface area contributed by atoms with Gasteiger partial charge >= 0.3 is 0 Å². The van der Waals surface area contributed by atoms with E-state index in [0.29, 0.717) is 31.8 Å². The molecule has 6 nitrogen and oxygen atoms in total. The molecule has 0 saturated heterocycles. The molecule has 8 heteroatoms. The molecule has 0 radical (unpaired) electrons. The van der Waals surface area contributed by atoms with Gasteiger partial charge in [0.2, 0.25) is 0 Å². The minimum absolute atomic E-state index is 0.0259. The standard InChI is InChI=1S/C22H18FN3O3S/c1-24-21(27)14-6-4-5-13-12(14)7-8-16(19(13)23)29-17-9-10-25-15-11-18(30-20(15)17)22(28)26(2)3/h4-11H,1-3H3,(H,24,27). The van der Waals surface area contributed by atoms with Crippen LogP contribution >= 0.6 is 11.3 Å². The third-order valence-electron chi connectivity index (χ3n) is 4.64. The maximum atomic E-state index is 15.2. The molecule has 0 unspecified atom stereocenters. The van der Waals surface area contributed by atoms with Crippen LogP contribution in [0.4, 0.5) is 4.39 Å². The zero-order valence-electron chi connectivity index (χ0n) is 16.5. The number of nitrogens with zero attached hydrogens (tertiary/aromatic N) is 2. The van der Waals surface area contributed by atoms with Crippen LogP contribution in [0.1, 0.15) is 20.0 Å². The van der Waals surface area contributed by atoms with Gasteiger partial charge in [0.1, 0.15) is 5.75 Å². The smallest absolute Gasteiger partial charge is 0.263 e. The summed E-state index contributed by atoms with van der Waals surface area (Å²) in [4.78, 5) is 30.6. The van der Waals surface area contributed by atoms with Gasteiger partial charge in [0, 0.05) is 44.4 Å². The summed E-state index contributed by atoms with van der Waals surface area (Å²) in [5.74, 6) is -0.561. The Morgan fingerprint density at radius 1 is 1.10 bits per heavy atom. The first-order valence-electron chi connectivity index (χ1n) is 9.12. The van der Waals surface area contributed by atoms with Crippen molar-refractivity contribution in [1.82, 2.24) is 15.2 Å². The van der Waals surface area contributed by atoms with Crippen molar-refractivity contribution in [3.05, 3.63) is 64.9 Å². The van der Waals surface area contributed by atoms with E-state index in [2.05, 4.69) is 10.3 Å². The number of halogens is 1. The monoisotopic (exact) mass is 423 g/mol. The predicted molar refractivity (Wildman–Crippen MR) is 115 cm³/mol. The molecule has 0 aliphatic heterocycles. The second kappa shape index (κ2) is 7.72. The second-order valence-electron chi connectivity index (χ2n) is 6.79. The Kier molecular flexibility index (Phi) is 5.09. The third kappa shape index (κ3) is 3.35. The Balaban J connectivity index is 1.78. The summed E-state index contributed by atoms with van der Waals surface area (Å²) in [6, 6.07) is 11.4. The number of amides is 2. The highest BCUT2D eigenvalue weighted by Gasteiger charge is 2.18. The number of carbonyl (C=O) groups is 2. The van der Waals surface area contributed by atoms with Crippen LogP contribution in [-0.2, 0) is 0 Å². The molecule has 2 amide bonds. The molecule has 2 aromatic carbocycles. The fraction of sp³-hybridized carbons (Fsp3) is 0.136. The summed E-state index contributed by atoms with van der Waals surface area (Å²) in [5, 5.41) is 3.34. The molecule has 0 spiro atoms. The van der Waals surface area contributed by atoms with Crippen LogP contribution in [0.2, 0.25) is 0 Å². The molecule has 0 aliphatic rings. The molecular formula is C22H18FN3O3S. The van der Waals surface area contributed by atoms with Crippen LogP contribution in [0.15, 0.2) is 48.7 Å². The van der Waals surface area contributed by atoms with Gasteiger partial charge in [-0.2, -0.15) is 0 Å². The number of nitrogens with one attached hydrogen (secondary N) is 1. The molecule has 152 valence electrons. The average Bonchev–Trinajstić information content (AvgIpc) is 3.19. The van der Waals surface area contributed by atoms with E-state index in [0.717, 1.165) is 0 Å². The molecule has 2 heterocycles. The second-order valence-corrected chi connectivity index (χ2v) is 7.85. The summed E-state index contributed by atoms with van der Waals surface area (Å²) < 4.78 is 21.7. The largest absolute Gasteiger partial charge is 0.453 e. The maximum absolute atomic E-state index is 15.2. The fourth-order valence-electron chi connectivity index (χ4n) is 3.15. The van der Waals surface area contributed by atoms with Crippen LogP contribution in [0.3, 0.4) is 0 Å². The Morgan fingerprint density at radius 3 is 2.63 bits per heavy atom. The summed E-state index contributed by atoms with van der Waals surface area (Å²) in [6.07, 6.45) is 1.55. The number of hydrogen-bond donors (Lipinski definition) is 1. The van der Waals surface area contributed by atoms with Crippen LogP contribution in [-0.4, -0.2) is 42.8 Å². The summed E-state index contributed by atoms with van der Waals surface area (Å²) >= 11 is 1.24. The number of ether oxygens (including phenoxy) is 1. The van der Waals surface area contributed by atoms with Crippen LogP contribution < -0.4 is 10.1 Å².